The van der Waals surface area contributed by atoms with Crippen molar-refractivity contribution >= 4 is 29.6 Å². The van der Waals surface area contributed by atoms with Gasteiger partial charge in [0.15, 0.2) is 0 Å². The maximum atomic E-state index is 13.2. The van der Waals surface area contributed by atoms with Gasteiger partial charge in [0.25, 0.3) is 11.8 Å². The molecule has 43 heavy (non-hydrogen) atoms. The second kappa shape index (κ2) is 14.7. The number of esters is 1. The van der Waals surface area contributed by atoms with E-state index in [2.05, 4.69) is 10.6 Å². The lowest BCUT2D eigenvalue weighted by Crippen LogP contribution is -2.54. The first kappa shape index (κ1) is 30.9. The summed E-state index contributed by atoms with van der Waals surface area (Å²) in [4.78, 5) is 64.0. The molecule has 0 saturated heterocycles. The van der Waals surface area contributed by atoms with Crippen LogP contribution in [-0.2, 0) is 32.0 Å². The number of nitrogens with zero attached hydrogens (tertiary/aromatic N) is 1. The maximum Gasteiger partial charge on any atom is 0.328 e. The molecule has 0 fully saturated rings. The van der Waals surface area contributed by atoms with Crippen molar-refractivity contribution in [2.45, 2.75) is 31.3 Å². The van der Waals surface area contributed by atoms with Gasteiger partial charge in [0, 0.05) is 19.4 Å². The lowest BCUT2D eigenvalue weighted by molar-refractivity contribution is -0.145. The molecule has 224 valence electrons. The molecule has 0 saturated carbocycles. The lowest BCUT2D eigenvalue weighted by Gasteiger charge is -2.22. The molecule has 1 heterocycles. The van der Waals surface area contributed by atoms with Crippen molar-refractivity contribution in [1.29, 1.82) is 0 Å². The smallest absolute Gasteiger partial charge is 0.328 e. The number of carbonyl (C=O) groups is 5. The third kappa shape index (κ3) is 8.04. The molecular weight excluding hydrogens is 552 g/mol. The molecule has 11 heteroatoms. The van der Waals surface area contributed by atoms with Crippen LogP contribution in [0.5, 0.6) is 5.75 Å². The summed E-state index contributed by atoms with van der Waals surface area (Å²) in [6, 6.07) is 21.0. The first-order valence-electron chi connectivity index (χ1n) is 13.9. The van der Waals surface area contributed by atoms with Crippen molar-refractivity contribution in [3.63, 3.8) is 0 Å². The molecule has 1 aliphatic rings. The largest absolute Gasteiger partial charge is 0.494 e. The summed E-state index contributed by atoms with van der Waals surface area (Å²) in [6.45, 7) is 0.239. The Kier molecular flexibility index (Phi) is 10.6. The zero-order chi connectivity index (χ0) is 30.8. The molecule has 4 amide bonds. The summed E-state index contributed by atoms with van der Waals surface area (Å²) in [6.07, 6.45) is 0.807. The zero-order valence-corrected chi connectivity index (χ0v) is 23.8. The summed E-state index contributed by atoms with van der Waals surface area (Å²) >= 11 is 0. The first-order valence-corrected chi connectivity index (χ1v) is 13.9. The lowest BCUT2D eigenvalue weighted by atomic mass is 10.0. The van der Waals surface area contributed by atoms with E-state index in [4.69, 9.17) is 15.2 Å². The number of hydrogen-bond donors (Lipinski definition) is 3. The molecule has 3 aromatic carbocycles. The van der Waals surface area contributed by atoms with Gasteiger partial charge in [0.2, 0.25) is 11.8 Å². The molecule has 4 rings (SSSR count). The number of imide groups is 1. The number of amides is 4. The van der Waals surface area contributed by atoms with Crippen molar-refractivity contribution < 1.29 is 33.4 Å². The minimum atomic E-state index is -1.00. The topological polar surface area (TPSA) is 157 Å². The second-order valence-corrected chi connectivity index (χ2v) is 9.96. The Labute approximate surface area is 249 Å². The van der Waals surface area contributed by atoms with Gasteiger partial charge >= 0.3 is 5.97 Å². The fourth-order valence-corrected chi connectivity index (χ4v) is 4.73. The minimum absolute atomic E-state index is 0.140. The Bertz CT molecular complexity index is 1430. The molecule has 11 nitrogen and oxygen atoms in total. The Morgan fingerprint density at radius 1 is 0.791 bits per heavy atom. The number of rotatable bonds is 14. The normalized spacial score (nSPS) is 13.6. The van der Waals surface area contributed by atoms with Crippen LogP contribution in [0.25, 0.3) is 0 Å². The number of carbonyl (C=O) groups excluding carboxylic acids is 5. The van der Waals surface area contributed by atoms with Gasteiger partial charge in [-0.05, 0) is 41.8 Å². The average molecular weight is 587 g/mol. The van der Waals surface area contributed by atoms with Gasteiger partial charge in [0.05, 0.1) is 31.4 Å². The highest BCUT2D eigenvalue weighted by atomic mass is 16.5. The van der Waals surface area contributed by atoms with Crippen molar-refractivity contribution in [3.8, 4) is 5.75 Å². The van der Waals surface area contributed by atoms with Gasteiger partial charge in [-0.15, -0.1) is 0 Å². The van der Waals surface area contributed by atoms with Gasteiger partial charge in [-0.2, -0.15) is 0 Å². The Hall–Kier alpha value is -5.03. The summed E-state index contributed by atoms with van der Waals surface area (Å²) in [7, 11) is 1.23. The van der Waals surface area contributed by atoms with Gasteiger partial charge < -0.3 is 25.8 Å². The maximum absolute atomic E-state index is 13.2. The Balaban J connectivity index is 1.31. The van der Waals surface area contributed by atoms with E-state index >= 15 is 0 Å². The summed E-state index contributed by atoms with van der Waals surface area (Å²) in [5.74, 6) is -1.71. The highest BCUT2D eigenvalue weighted by Crippen LogP contribution is 2.22. The predicted octanol–water partition coefficient (Wildman–Crippen LogP) is 1.64. The van der Waals surface area contributed by atoms with Crippen LogP contribution in [0.15, 0.2) is 78.9 Å². The van der Waals surface area contributed by atoms with Crippen LogP contribution >= 0.6 is 0 Å². The number of ether oxygens (including phenoxy) is 2. The quantitative estimate of drug-likeness (QED) is 0.146. The number of hydrogen-bond acceptors (Lipinski definition) is 8. The van der Waals surface area contributed by atoms with Crippen LogP contribution in [0.2, 0.25) is 0 Å². The van der Waals surface area contributed by atoms with E-state index in [9.17, 15) is 24.0 Å². The van der Waals surface area contributed by atoms with Gasteiger partial charge in [-0.1, -0.05) is 54.6 Å². The minimum Gasteiger partial charge on any atom is -0.494 e. The Morgan fingerprint density at radius 2 is 1.37 bits per heavy atom. The predicted molar refractivity (Wildman–Crippen MR) is 157 cm³/mol. The van der Waals surface area contributed by atoms with Crippen LogP contribution in [0.4, 0.5) is 0 Å². The molecule has 0 aromatic heterocycles. The van der Waals surface area contributed by atoms with Crippen molar-refractivity contribution in [2.24, 2.45) is 5.73 Å². The van der Waals surface area contributed by atoms with Crippen molar-refractivity contribution in [1.82, 2.24) is 15.5 Å². The first-order chi connectivity index (χ1) is 20.8. The van der Waals surface area contributed by atoms with Crippen LogP contribution < -0.4 is 21.1 Å². The zero-order valence-electron chi connectivity index (χ0n) is 23.8. The molecule has 3 aromatic rings. The van der Waals surface area contributed by atoms with Gasteiger partial charge in [-0.25, -0.2) is 4.79 Å². The molecular formula is C32H34N4O7. The van der Waals surface area contributed by atoms with Crippen LogP contribution in [0.1, 0.15) is 38.3 Å². The van der Waals surface area contributed by atoms with E-state index in [0.717, 1.165) is 11.1 Å². The summed E-state index contributed by atoms with van der Waals surface area (Å²) in [5, 5.41) is 5.32. The van der Waals surface area contributed by atoms with Crippen molar-refractivity contribution in [2.75, 3.05) is 26.8 Å². The van der Waals surface area contributed by atoms with E-state index in [1.807, 2.05) is 30.3 Å². The van der Waals surface area contributed by atoms with E-state index in [1.54, 1.807) is 48.5 Å². The van der Waals surface area contributed by atoms with E-state index in [1.165, 1.54) is 12.0 Å². The molecule has 2 atom stereocenters. The van der Waals surface area contributed by atoms with Gasteiger partial charge in [-0.3, -0.25) is 24.1 Å². The SMILES string of the molecule is COC(=O)C(Cc1ccc(OCCCN2C(=O)c3ccccc3C2=O)cc1)NC(=O)[C@H](Cc1ccccc1)NC(=O)CN. The fourth-order valence-electron chi connectivity index (χ4n) is 4.73. The van der Waals surface area contributed by atoms with Gasteiger partial charge in [0.1, 0.15) is 17.8 Å². The van der Waals surface area contributed by atoms with E-state index < -0.39 is 29.9 Å². The average Bonchev–Trinajstić information content (AvgIpc) is 3.27. The number of methoxy groups -OCH3 is 1. The van der Waals surface area contributed by atoms with E-state index in [-0.39, 0.29) is 44.4 Å². The van der Waals surface area contributed by atoms with Crippen LogP contribution in [0.3, 0.4) is 0 Å². The second-order valence-electron chi connectivity index (χ2n) is 9.96. The van der Waals surface area contributed by atoms with Crippen LogP contribution in [0, 0.1) is 0 Å². The monoisotopic (exact) mass is 586 g/mol. The van der Waals surface area contributed by atoms with Crippen LogP contribution in [-0.4, -0.2) is 73.4 Å². The Morgan fingerprint density at radius 3 is 1.98 bits per heavy atom. The summed E-state index contributed by atoms with van der Waals surface area (Å²) < 4.78 is 10.7. The molecule has 4 N–H and O–H groups in total. The van der Waals surface area contributed by atoms with Crippen molar-refractivity contribution in [3.05, 3.63) is 101 Å². The number of nitrogens with one attached hydrogen (secondary N) is 2. The number of fused-ring (bicyclic) bond motifs is 1. The number of benzene rings is 3. The molecule has 0 aliphatic carbocycles. The van der Waals surface area contributed by atoms with E-state index in [0.29, 0.717) is 23.3 Å². The highest BCUT2D eigenvalue weighted by molar-refractivity contribution is 6.21. The molecule has 1 unspecified atom stereocenters. The molecule has 0 bridgehead atoms. The molecule has 1 aliphatic heterocycles. The molecule has 0 spiro atoms. The third-order valence-corrected chi connectivity index (χ3v) is 6.96. The third-order valence-electron chi connectivity index (χ3n) is 6.96. The highest BCUT2D eigenvalue weighted by Gasteiger charge is 2.34. The molecule has 0 radical (unpaired) electrons. The fraction of sp³-hybridized carbons (Fsp3) is 0.281. The summed E-state index contributed by atoms with van der Waals surface area (Å²) in [5.41, 5.74) is 7.83. The number of nitrogens with two attached hydrogens (primary N) is 1. The standard InChI is InChI=1S/C32H34N4O7/c1-42-32(41)27(35-29(38)26(34-28(37)20-33)18-21-8-3-2-4-9-21)19-22-12-14-23(15-13-22)43-17-7-16-36-30(39)24-10-5-6-11-25(24)31(36)40/h2-6,8-15,26-27H,7,16-20,33H2,1H3,(H,34,37)(H,35,38)/t26-,27?/m0/s1.